The zero-order valence-corrected chi connectivity index (χ0v) is 11.4. The van der Waals surface area contributed by atoms with Crippen LogP contribution in [0, 0.1) is 11.3 Å². The number of aldehydes is 1. The Morgan fingerprint density at radius 3 is 2.21 bits per heavy atom. The Kier molecular flexibility index (Phi) is 4.23. The minimum atomic E-state index is -4.17. The number of halogens is 3. The third-order valence-corrected chi connectivity index (χ3v) is 4.48. The molecule has 0 aromatic rings. The molecule has 0 aromatic carbocycles. The van der Waals surface area contributed by atoms with E-state index in [4.69, 9.17) is 0 Å². The molecule has 0 aliphatic heterocycles. The van der Waals surface area contributed by atoms with Gasteiger partial charge in [-0.15, -0.1) is 0 Å². The number of carbonyl (C=O) groups excluding carboxylic acids is 1. The molecule has 0 spiro atoms. The molecule has 19 heavy (non-hydrogen) atoms. The molecule has 0 atom stereocenters. The fourth-order valence-electron chi connectivity index (χ4n) is 3.04. The monoisotopic (exact) mass is 277 g/mol. The van der Waals surface area contributed by atoms with Gasteiger partial charge in [0.2, 0.25) is 0 Å². The second-order valence-electron chi connectivity index (χ2n) is 6.41. The Balaban J connectivity index is 2.00. The first-order chi connectivity index (χ1) is 8.84. The lowest BCUT2D eigenvalue weighted by Gasteiger charge is -2.39. The minimum absolute atomic E-state index is 0.0396. The molecule has 2 saturated carbocycles. The minimum Gasteiger partial charge on any atom is -0.303 e. The van der Waals surface area contributed by atoms with Crippen LogP contribution in [0.5, 0.6) is 0 Å². The molecule has 0 aromatic heterocycles. The summed E-state index contributed by atoms with van der Waals surface area (Å²) in [6.07, 6.45) is 1.78. The van der Waals surface area contributed by atoms with Crippen LogP contribution in [0.3, 0.4) is 0 Å². The molecule has 2 nitrogen and oxygen atoms in total. The van der Waals surface area contributed by atoms with Crippen molar-refractivity contribution in [1.29, 1.82) is 0 Å². The van der Waals surface area contributed by atoms with E-state index < -0.39 is 18.1 Å². The van der Waals surface area contributed by atoms with E-state index in [9.17, 15) is 18.0 Å². The predicted molar refractivity (Wildman–Crippen MR) is 66.8 cm³/mol. The SMILES string of the molecule is CC1CCC(C=O)(CN(CC(F)(F)F)C2CC2)CC1. The van der Waals surface area contributed by atoms with Crippen molar-refractivity contribution < 1.29 is 18.0 Å². The molecule has 0 saturated heterocycles. The molecule has 2 aliphatic carbocycles. The maximum Gasteiger partial charge on any atom is 0.401 e. The van der Waals surface area contributed by atoms with E-state index in [0.717, 1.165) is 44.8 Å². The van der Waals surface area contributed by atoms with Gasteiger partial charge in [0.15, 0.2) is 0 Å². The van der Waals surface area contributed by atoms with Gasteiger partial charge >= 0.3 is 6.18 Å². The van der Waals surface area contributed by atoms with Gasteiger partial charge in [0.05, 0.1) is 6.54 Å². The molecular formula is C14H22F3NO. The summed E-state index contributed by atoms with van der Waals surface area (Å²) in [6.45, 7) is 1.55. The summed E-state index contributed by atoms with van der Waals surface area (Å²) in [7, 11) is 0. The number of rotatable bonds is 5. The summed E-state index contributed by atoms with van der Waals surface area (Å²) < 4.78 is 37.8. The molecule has 0 unspecified atom stereocenters. The normalized spacial score (nSPS) is 32.6. The van der Waals surface area contributed by atoms with Crippen LogP contribution in [0.2, 0.25) is 0 Å². The van der Waals surface area contributed by atoms with Crippen LogP contribution in [0.1, 0.15) is 45.4 Å². The maximum absolute atomic E-state index is 12.6. The Morgan fingerprint density at radius 1 is 1.21 bits per heavy atom. The molecular weight excluding hydrogens is 255 g/mol. The van der Waals surface area contributed by atoms with Crippen LogP contribution in [-0.4, -0.2) is 36.5 Å². The zero-order chi connectivity index (χ0) is 14.1. The average molecular weight is 277 g/mol. The fourth-order valence-corrected chi connectivity index (χ4v) is 3.04. The highest BCUT2D eigenvalue weighted by molar-refractivity contribution is 5.60. The molecule has 0 amide bonds. The Hall–Kier alpha value is -0.580. The first kappa shape index (κ1) is 14.8. The molecule has 0 N–H and O–H groups in total. The molecule has 110 valence electrons. The van der Waals surface area contributed by atoms with Gasteiger partial charge in [-0.2, -0.15) is 13.2 Å². The van der Waals surface area contributed by atoms with Crippen molar-refractivity contribution in [2.75, 3.05) is 13.1 Å². The van der Waals surface area contributed by atoms with E-state index in [1.807, 2.05) is 0 Å². The van der Waals surface area contributed by atoms with Crippen molar-refractivity contribution in [3.63, 3.8) is 0 Å². The lowest BCUT2D eigenvalue weighted by molar-refractivity contribution is -0.153. The van der Waals surface area contributed by atoms with Gasteiger partial charge in [-0.3, -0.25) is 4.90 Å². The van der Waals surface area contributed by atoms with E-state index in [1.165, 1.54) is 4.90 Å². The van der Waals surface area contributed by atoms with Crippen LogP contribution in [0.4, 0.5) is 13.2 Å². The fraction of sp³-hybridized carbons (Fsp3) is 0.929. The summed E-state index contributed by atoms with van der Waals surface area (Å²) in [5.41, 5.74) is -0.541. The first-order valence-electron chi connectivity index (χ1n) is 7.11. The average Bonchev–Trinajstić information content (AvgIpc) is 3.14. The molecule has 5 heteroatoms. The molecule has 2 aliphatic rings. The van der Waals surface area contributed by atoms with Crippen molar-refractivity contribution in [1.82, 2.24) is 4.90 Å². The van der Waals surface area contributed by atoms with Crippen molar-refractivity contribution in [3.05, 3.63) is 0 Å². The van der Waals surface area contributed by atoms with Crippen molar-refractivity contribution in [2.45, 2.75) is 57.7 Å². The highest BCUT2D eigenvalue weighted by Crippen LogP contribution is 2.40. The van der Waals surface area contributed by atoms with Gasteiger partial charge in [0, 0.05) is 18.0 Å². The summed E-state index contributed by atoms with van der Waals surface area (Å²) in [6, 6.07) is 0.0396. The van der Waals surface area contributed by atoms with Gasteiger partial charge in [-0.25, -0.2) is 0 Å². The zero-order valence-electron chi connectivity index (χ0n) is 11.4. The van der Waals surface area contributed by atoms with Gasteiger partial charge in [-0.05, 0) is 44.4 Å². The van der Waals surface area contributed by atoms with Crippen LogP contribution in [0.15, 0.2) is 0 Å². The second kappa shape index (κ2) is 5.43. The maximum atomic E-state index is 12.6. The van der Waals surface area contributed by atoms with Crippen molar-refractivity contribution >= 4 is 6.29 Å². The third-order valence-electron chi connectivity index (χ3n) is 4.48. The summed E-state index contributed by atoms with van der Waals surface area (Å²) in [5.74, 6) is 0.588. The lowest BCUT2D eigenvalue weighted by Crippen LogP contribution is -2.45. The third kappa shape index (κ3) is 4.20. The lowest BCUT2D eigenvalue weighted by atomic mass is 9.71. The highest BCUT2D eigenvalue weighted by atomic mass is 19.4. The highest BCUT2D eigenvalue weighted by Gasteiger charge is 2.43. The number of alkyl halides is 3. The van der Waals surface area contributed by atoms with Crippen molar-refractivity contribution in [2.24, 2.45) is 11.3 Å². The largest absolute Gasteiger partial charge is 0.401 e. The Morgan fingerprint density at radius 2 is 1.79 bits per heavy atom. The molecule has 0 heterocycles. The van der Waals surface area contributed by atoms with Gasteiger partial charge in [0.25, 0.3) is 0 Å². The van der Waals surface area contributed by atoms with E-state index in [2.05, 4.69) is 6.92 Å². The summed E-state index contributed by atoms with van der Waals surface area (Å²) in [4.78, 5) is 12.9. The molecule has 0 bridgehead atoms. The van der Waals surface area contributed by atoms with Gasteiger partial charge < -0.3 is 4.79 Å². The number of carbonyl (C=O) groups is 1. The predicted octanol–water partition coefficient (Wildman–Crippen LogP) is 3.41. The van der Waals surface area contributed by atoms with Crippen LogP contribution >= 0.6 is 0 Å². The Labute approximate surface area is 112 Å². The van der Waals surface area contributed by atoms with Gasteiger partial charge in [-0.1, -0.05) is 6.92 Å². The van der Waals surface area contributed by atoms with E-state index in [0.29, 0.717) is 5.92 Å². The van der Waals surface area contributed by atoms with E-state index in [-0.39, 0.29) is 12.6 Å². The summed E-state index contributed by atoms with van der Waals surface area (Å²) >= 11 is 0. The van der Waals surface area contributed by atoms with Gasteiger partial charge in [0.1, 0.15) is 6.29 Å². The number of hydrogen-bond acceptors (Lipinski definition) is 2. The number of nitrogens with zero attached hydrogens (tertiary/aromatic N) is 1. The van der Waals surface area contributed by atoms with Crippen LogP contribution < -0.4 is 0 Å². The molecule has 2 rings (SSSR count). The van der Waals surface area contributed by atoms with Crippen LogP contribution in [0.25, 0.3) is 0 Å². The standard InChI is InChI=1S/C14H22F3NO/c1-11-4-6-13(10-19,7-5-11)8-18(12-2-3-12)9-14(15,16)17/h10-12H,2-9H2,1H3. The first-order valence-corrected chi connectivity index (χ1v) is 7.11. The van der Waals surface area contributed by atoms with Crippen molar-refractivity contribution in [3.8, 4) is 0 Å². The number of hydrogen-bond donors (Lipinski definition) is 0. The Bertz CT molecular complexity index is 317. The second-order valence-corrected chi connectivity index (χ2v) is 6.41. The molecule has 0 radical (unpaired) electrons. The van der Waals surface area contributed by atoms with E-state index >= 15 is 0 Å². The smallest absolute Gasteiger partial charge is 0.303 e. The van der Waals surface area contributed by atoms with E-state index in [1.54, 1.807) is 0 Å². The molecule has 2 fully saturated rings. The van der Waals surface area contributed by atoms with Crippen LogP contribution in [-0.2, 0) is 4.79 Å². The quantitative estimate of drug-likeness (QED) is 0.718. The summed E-state index contributed by atoms with van der Waals surface area (Å²) in [5, 5.41) is 0. The topological polar surface area (TPSA) is 20.3 Å².